The van der Waals surface area contributed by atoms with Gasteiger partial charge in [0.2, 0.25) is 0 Å². The summed E-state index contributed by atoms with van der Waals surface area (Å²) in [4.78, 5) is 28.4. The normalized spacial score (nSPS) is 14.9. The molecule has 0 atom stereocenters. The molecule has 0 saturated carbocycles. The topological polar surface area (TPSA) is 59.1 Å². The molecule has 2 amide bonds. The van der Waals surface area contributed by atoms with Gasteiger partial charge in [-0.1, -0.05) is 11.6 Å². The van der Waals surface area contributed by atoms with Gasteiger partial charge >= 0.3 is 6.09 Å². The van der Waals surface area contributed by atoms with Crippen LogP contribution in [-0.2, 0) is 4.74 Å². The Morgan fingerprint density at radius 3 is 2.44 bits per heavy atom. The van der Waals surface area contributed by atoms with E-state index >= 15 is 0 Å². The third-order valence-corrected chi connectivity index (χ3v) is 4.97. The Morgan fingerprint density at radius 1 is 1.16 bits per heavy atom. The van der Waals surface area contributed by atoms with Crippen molar-refractivity contribution in [3.8, 4) is 5.75 Å². The van der Waals surface area contributed by atoms with Crippen LogP contribution in [0.5, 0.6) is 5.75 Å². The maximum absolute atomic E-state index is 13.1. The Kier molecular flexibility index (Phi) is 6.53. The Balaban J connectivity index is 2.21. The monoisotopic (exact) mass is 368 g/mol. The molecule has 2 rings (SSSR count). The fourth-order valence-electron chi connectivity index (χ4n) is 3.03. The number of nitrogens with zero attached hydrogens (tertiary/aromatic N) is 2. The average molecular weight is 369 g/mol. The van der Waals surface area contributed by atoms with Crippen molar-refractivity contribution in [1.29, 1.82) is 0 Å². The number of methoxy groups -OCH3 is 1. The largest absolute Gasteiger partial charge is 0.496 e. The van der Waals surface area contributed by atoms with Crippen LogP contribution < -0.4 is 4.74 Å². The highest BCUT2D eigenvalue weighted by molar-refractivity contribution is 6.32. The van der Waals surface area contributed by atoms with Crippen LogP contribution in [0.2, 0.25) is 5.02 Å². The van der Waals surface area contributed by atoms with Crippen LogP contribution in [0.25, 0.3) is 0 Å². The smallest absolute Gasteiger partial charge is 0.409 e. The molecule has 0 N–H and O–H groups in total. The van der Waals surface area contributed by atoms with Gasteiger partial charge in [0.1, 0.15) is 5.75 Å². The van der Waals surface area contributed by atoms with Crippen molar-refractivity contribution in [2.24, 2.45) is 0 Å². The van der Waals surface area contributed by atoms with Gasteiger partial charge in [0.15, 0.2) is 0 Å². The molecule has 7 heteroatoms. The van der Waals surface area contributed by atoms with Crippen LogP contribution >= 0.6 is 11.6 Å². The molecular weight excluding hydrogens is 344 g/mol. The molecule has 1 aromatic rings. The summed E-state index contributed by atoms with van der Waals surface area (Å²) < 4.78 is 10.5. The van der Waals surface area contributed by atoms with Crippen molar-refractivity contribution in [1.82, 2.24) is 9.80 Å². The molecule has 25 heavy (non-hydrogen) atoms. The summed E-state index contributed by atoms with van der Waals surface area (Å²) in [5, 5.41) is 0.576. The van der Waals surface area contributed by atoms with E-state index in [0.717, 1.165) is 11.1 Å². The molecule has 1 aromatic carbocycles. The number of halogens is 1. The third-order valence-electron chi connectivity index (χ3n) is 4.39. The molecule has 1 aliphatic rings. The maximum Gasteiger partial charge on any atom is 0.409 e. The number of hydrogen-bond acceptors (Lipinski definition) is 4. The van der Waals surface area contributed by atoms with Gasteiger partial charge in [-0.15, -0.1) is 0 Å². The van der Waals surface area contributed by atoms with Crippen molar-refractivity contribution in [3.63, 3.8) is 0 Å². The Hall–Kier alpha value is -1.95. The summed E-state index contributed by atoms with van der Waals surface area (Å²) >= 11 is 6.33. The van der Waals surface area contributed by atoms with E-state index in [2.05, 4.69) is 0 Å². The zero-order valence-electron chi connectivity index (χ0n) is 15.2. The van der Waals surface area contributed by atoms with E-state index < -0.39 is 0 Å². The fraction of sp³-hybridized carbons (Fsp3) is 0.556. The Bertz CT molecular complexity index is 663. The molecule has 0 bridgehead atoms. The van der Waals surface area contributed by atoms with Gasteiger partial charge < -0.3 is 19.3 Å². The molecule has 1 fully saturated rings. The highest BCUT2D eigenvalue weighted by Gasteiger charge is 2.27. The highest BCUT2D eigenvalue weighted by atomic mass is 35.5. The zero-order chi connectivity index (χ0) is 18.6. The number of ether oxygens (including phenoxy) is 2. The fourth-order valence-corrected chi connectivity index (χ4v) is 3.17. The summed E-state index contributed by atoms with van der Waals surface area (Å²) in [6, 6.07) is 1.78. The molecule has 1 aliphatic heterocycles. The van der Waals surface area contributed by atoms with E-state index in [1.54, 1.807) is 29.9 Å². The average Bonchev–Trinajstić information content (AvgIpc) is 2.85. The van der Waals surface area contributed by atoms with E-state index in [1.807, 2.05) is 13.8 Å². The first-order chi connectivity index (χ1) is 11.9. The second-order valence-corrected chi connectivity index (χ2v) is 6.42. The van der Waals surface area contributed by atoms with Crippen molar-refractivity contribution >= 4 is 23.6 Å². The number of rotatable bonds is 3. The van der Waals surface area contributed by atoms with Crippen LogP contribution in [0.3, 0.4) is 0 Å². The summed E-state index contributed by atoms with van der Waals surface area (Å²) in [6.45, 7) is 7.88. The van der Waals surface area contributed by atoms with E-state index in [0.29, 0.717) is 55.5 Å². The molecule has 0 aliphatic carbocycles. The number of amides is 2. The van der Waals surface area contributed by atoms with E-state index in [-0.39, 0.29) is 12.0 Å². The summed E-state index contributed by atoms with van der Waals surface area (Å²) in [7, 11) is 1.55. The molecule has 1 heterocycles. The standard InChI is InChI=1S/C18H25ClN2O4/c1-5-25-18(23)21-8-6-7-20(9-10-21)17(22)15-13(3)16(19)12(2)11-14(15)24-4/h11H,5-10H2,1-4H3. The molecule has 138 valence electrons. The van der Waals surface area contributed by atoms with Crippen LogP contribution in [0, 0.1) is 13.8 Å². The minimum Gasteiger partial charge on any atom is -0.496 e. The van der Waals surface area contributed by atoms with Crippen LogP contribution in [-0.4, -0.2) is 61.7 Å². The lowest BCUT2D eigenvalue weighted by Crippen LogP contribution is -2.38. The van der Waals surface area contributed by atoms with Gasteiger partial charge in [-0.25, -0.2) is 4.79 Å². The molecule has 0 radical (unpaired) electrons. The lowest BCUT2D eigenvalue weighted by Gasteiger charge is -2.24. The Labute approximate surface area is 153 Å². The predicted octanol–water partition coefficient (Wildman–Crippen LogP) is 3.27. The summed E-state index contributed by atoms with van der Waals surface area (Å²) in [5.74, 6) is 0.401. The highest BCUT2D eigenvalue weighted by Crippen LogP contribution is 2.32. The van der Waals surface area contributed by atoms with Gasteiger partial charge in [0.05, 0.1) is 19.3 Å². The van der Waals surface area contributed by atoms with Gasteiger partial charge in [0, 0.05) is 31.2 Å². The zero-order valence-corrected chi connectivity index (χ0v) is 16.0. The third kappa shape index (κ3) is 4.18. The molecule has 0 spiro atoms. The van der Waals surface area contributed by atoms with Crippen molar-refractivity contribution < 1.29 is 19.1 Å². The number of carbonyl (C=O) groups is 2. The lowest BCUT2D eigenvalue weighted by molar-refractivity contribution is 0.0749. The lowest BCUT2D eigenvalue weighted by atomic mass is 10.0. The van der Waals surface area contributed by atoms with E-state index in [9.17, 15) is 9.59 Å². The van der Waals surface area contributed by atoms with Crippen molar-refractivity contribution in [2.75, 3.05) is 39.9 Å². The quantitative estimate of drug-likeness (QED) is 0.821. The first-order valence-corrected chi connectivity index (χ1v) is 8.83. The Morgan fingerprint density at radius 2 is 1.80 bits per heavy atom. The van der Waals surface area contributed by atoms with Crippen molar-refractivity contribution in [2.45, 2.75) is 27.2 Å². The predicted molar refractivity (Wildman–Crippen MR) is 96.6 cm³/mol. The van der Waals surface area contributed by atoms with Crippen LogP contribution in [0.15, 0.2) is 6.07 Å². The SMILES string of the molecule is CCOC(=O)N1CCCN(C(=O)c2c(OC)cc(C)c(Cl)c2C)CC1. The minimum absolute atomic E-state index is 0.123. The second-order valence-electron chi connectivity index (χ2n) is 6.04. The molecule has 6 nitrogen and oxygen atoms in total. The molecule has 0 unspecified atom stereocenters. The number of carbonyl (C=O) groups excluding carboxylic acids is 2. The summed E-state index contributed by atoms with van der Waals surface area (Å²) in [5.41, 5.74) is 2.08. The molecule has 0 aromatic heterocycles. The van der Waals surface area contributed by atoms with Gasteiger partial charge in [-0.05, 0) is 44.4 Å². The van der Waals surface area contributed by atoms with Crippen LogP contribution in [0.1, 0.15) is 34.8 Å². The van der Waals surface area contributed by atoms with Gasteiger partial charge in [-0.3, -0.25) is 4.79 Å². The maximum atomic E-state index is 13.1. The second kappa shape index (κ2) is 8.43. The van der Waals surface area contributed by atoms with Crippen molar-refractivity contribution in [3.05, 3.63) is 27.8 Å². The summed E-state index contributed by atoms with van der Waals surface area (Å²) in [6.07, 6.45) is 0.370. The van der Waals surface area contributed by atoms with Gasteiger partial charge in [-0.2, -0.15) is 0 Å². The first kappa shape index (κ1) is 19.4. The van der Waals surface area contributed by atoms with E-state index in [4.69, 9.17) is 21.1 Å². The number of aryl methyl sites for hydroxylation is 1. The molecule has 1 saturated heterocycles. The van der Waals surface area contributed by atoms with Crippen LogP contribution in [0.4, 0.5) is 4.79 Å². The van der Waals surface area contributed by atoms with E-state index in [1.165, 1.54) is 0 Å². The first-order valence-electron chi connectivity index (χ1n) is 8.45. The minimum atomic E-state index is -0.330. The molecular formula is C18H25ClN2O4. The number of benzene rings is 1. The van der Waals surface area contributed by atoms with Gasteiger partial charge in [0.25, 0.3) is 5.91 Å². The number of hydrogen-bond donors (Lipinski definition) is 0.